The summed E-state index contributed by atoms with van der Waals surface area (Å²) in [7, 11) is 3.78. The van der Waals surface area contributed by atoms with Crippen molar-refractivity contribution in [2.45, 2.75) is 37.0 Å². The molecule has 4 aromatic heterocycles. The highest BCUT2D eigenvalue weighted by Crippen LogP contribution is 2.26. The van der Waals surface area contributed by atoms with Crippen molar-refractivity contribution in [3.8, 4) is 22.8 Å². The fourth-order valence-corrected chi connectivity index (χ4v) is 5.92. The third-order valence-electron chi connectivity index (χ3n) is 5.81. The molecule has 0 aliphatic heterocycles. The summed E-state index contributed by atoms with van der Waals surface area (Å²) in [6.45, 7) is 3.58. The molecular formula is C26H31Cl2N9O3S2. The summed E-state index contributed by atoms with van der Waals surface area (Å²) < 4.78 is 3.79. The summed E-state index contributed by atoms with van der Waals surface area (Å²) in [6, 6.07) is 6.57. The van der Waals surface area contributed by atoms with Crippen LogP contribution in [0.25, 0.3) is 22.8 Å². The molecule has 224 valence electrons. The fraction of sp³-hybridized carbons (Fsp3) is 0.385. The number of thioether (sulfide) groups is 2. The second-order valence-electron chi connectivity index (χ2n) is 8.84. The number of pyridine rings is 2. The molecule has 4 aromatic rings. The Bertz CT molecular complexity index is 1430. The second kappa shape index (κ2) is 15.9. The van der Waals surface area contributed by atoms with Gasteiger partial charge in [-0.05, 0) is 51.0 Å². The minimum absolute atomic E-state index is 0.0233. The number of amides is 1. The number of primary amides is 1. The molecule has 0 saturated heterocycles. The predicted molar refractivity (Wildman–Crippen MR) is 166 cm³/mol. The van der Waals surface area contributed by atoms with E-state index in [9.17, 15) is 9.59 Å². The molecule has 0 aliphatic rings. The van der Waals surface area contributed by atoms with Gasteiger partial charge in [0, 0.05) is 59.9 Å². The molecule has 0 bridgehead atoms. The smallest absolute Gasteiger partial charge is 0.354 e. The van der Waals surface area contributed by atoms with Crippen molar-refractivity contribution in [2.75, 3.05) is 23.3 Å². The number of alkyl halides is 2. The van der Waals surface area contributed by atoms with E-state index in [0.29, 0.717) is 34.8 Å². The van der Waals surface area contributed by atoms with Gasteiger partial charge in [-0.25, -0.2) is 14.8 Å². The molecule has 0 saturated carbocycles. The van der Waals surface area contributed by atoms with Crippen LogP contribution in [0.4, 0.5) is 0 Å². The topological polar surface area (TPSA) is 168 Å². The average Bonchev–Trinajstić information content (AvgIpc) is 3.50. The van der Waals surface area contributed by atoms with Crippen molar-refractivity contribution in [2.24, 2.45) is 19.8 Å². The Balaban J connectivity index is 0.000000230. The quantitative estimate of drug-likeness (QED) is 0.125. The zero-order valence-electron chi connectivity index (χ0n) is 23.5. The highest BCUT2D eigenvalue weighted by atomic mass is 35.5. The third-order valence-corrected chi connectivity index (χ3v) is 8.56. The normalized spacial score (nSPS) is 10.8. The Labute approximate surface area is 261 Å². The van der Waals surface area contributed by atoms with Crippen LogP contribution in [0.5, 0.6) is 0 Å². The average molecular weight is 653 g/mol. The van der Waals surface area contributed by atoms with Crippen molar-refractivity contribution in [3.05, 3.63) is 47.0 Å². The number of rotatable bonds is 12. The van der Waals surface area contributed by atoms with E-state index in [1.165, 1.54) is 6.07 Å². The zero-order chi connectivity index (χ0) is 30.8. The first kappa shape index (κ1) is 33.3. The summed E-state index contributed by atoms with van der Waals surface area (Å²) in [5, 5.41) is 27.3. The third kappa shape index (κ3) is 8.43. The van der Waals surface area contributed by atoms with E-state index in [1.807, 2.05) is 30.2 Å². The van der Waals surface area contributed by atoms with E-state index < -0.39 is 11.9 Å². The van der Waals surface area contributed by atoms with Crippen LogP contribution in [-0.2, 0) is 14.1 Å². The minimum atomic E-state index is -1.04. The predicted octanol–water partition coefficient (Wildman–Crippen LogP) is 4.61. The summed E-state index contributed by atoms with van der Waals surface area (Å²) in [4.78, 5) is 30.3. The SMILES string of the molecule is Cc1nc(C(=O)O)ccc1-c1nnc(SCCCCl)n1C.Cc1nc(C(N)=O)ccc1-c1nnc(SCCCCl)n1C. The van der Waals surface area contributed by atoms with Gasteiger partial charge in [-0.2, -0.15) is 0 Å². The highest BCUT2D eigenvalue weighted by Gasteiger charge is 2.17. The van der Waals surface area contributed by atoms with Crippen LogP contribution in [0.2, 0.25) is 0 Å². The molecule has 4 heterocycles. The first-order chi connectivity index (χ1) is 20.1. The van der Waals surface area contributed by atoms with Gasteiger partial charge in [-0.3, -0.25) is 4.79 Å². The van der Waals surface area contributed by atoms with Crippen LogP contribution in [0.15, 0.2) is 34.6 Å². The minimum Gasteiger partial charge on any atom is -0.477 e. The van der Waals surface area contributed by atoms with Crippen molar-refractivity contribution in [1.82, 2.24) is 39.5 Å². The Morgan fingerprint density at radius 1 is 0.786 bits per heavy atom. The summed E-state index contributed by atoms with van der Waals surface area (Å²) >= 11 is 14.5. The lowest BCUT2D eigenvalue weighted by molar-refractivity contribution is 0.0690. The number of nitrogens with two attached hydrogens (primary N) is 1. The van der Waals surface area contributed by atoms with Gasteiger partial charge in [-0.1, -0.05) is 23.5 Å². The van der Waals surface area contributed by atoms with E-state index in [2.05, 4.69) is 30.4 Å². The van der Waals surface area contributed by atoms with E-state index in [0.717, 1.165) is 45.8 Å². The monoisotopic (exact) mass is 651 g/mol. The number of aromatic nitrogens is 8. The van der Waals surface area contributed by atoms with Gasteiger partial charge in [0.1, 0.15) is 11.4 Å². The van der Waals surface area contributed by atoms with Gasteiger partial charge in [-0.15, -0.1) is 43.6 Å². The molecule has 0 aliphatic carbocycles. The largest absolute Gasteiger partial charge is 0.477 e. The first-order valence-electron chi connectivity index (χ1n) is 12.7. The Kier molecular flexibility index (Phi) is 12.6. The summed E-state index contributed by atoms with van der Waals surface area (Å²) in [5.74, 6) is 2.83. The Morgan fingerprint density at radius 3 is 1.60 bits per heavy atom. The van der Waals surface area contributed by atoms with E-state index in [-0.39, 0.29) is 11.4 Å². The molecule has 3 N–H and O–H groups in total. The maximum Gasteiger partial charge on any atom is 0.354 e. The van der Waals surface area contributed by atoms with Crippen LogP contribution in [-0.4, -0.2) is 79.7 Å². The van der Waals surface area contributed by atoms with E-state index in [1.54, 1.807) is 48.6 Å². The number of hydrogen-bond donors (Lipinski definition) is 2. The number of hydrogen-bond acceptors (Lipinski definition) is 10. The van der Waals surface area contributed by atoms with Gasteiger partial charge >= 0.3 is 5.97 Å². The van der Waals surface area contributed by atoms with Crippen molar-refractivity contribution in [3.63, 3.8) is 0 Å². The maximum absolute atomic E-state index is 11.1. The Hall–Kier alpha value is -3.20. The molecule has 4 rings (SSSR count). The van der Waals surface area contributed by atoms with Crippen LogP contribution in [0.1, 0.15) is 45.2 Å². The number of halogens is 2. The summed E-state index contributed by atoms with van der Waals surface area (Å²) in [5.41, 5.74) is 8.41. The van der Waals surface area contributed by atoms with Crippen LogP contribution < -0.4 is 5.73 Å². The number of carboxylic acid groups (broad SMARTS) is 1. The number of carbonyl (C=O) groups is 2. The first-order valence-corrected chi connectivity index (χ1v) is 15.8. The maximum atomic E-state index is 11.1. The van der Waals surface area contributed by atoms with Crippen molar-refractivity contribution in [1.29, 1.82) is 0 Å². The second-order valence-corrected chi connectivity index (χ2v) is 11.7. The Morgan fingerprint density at radius 2 is 1.21 bits per heavy atom. The highest BCUT2D eigenvalue weighted by molar-refractivity contribution is 7.99. The van der Waals surface area contributed by atoms with E-state index >= 15 is 0 Å². The van der Waals surface area contributed by atoms with Gasteiger partial charge in [0.25, 0.3) is 5.91 Å². The molecule has 12 nitrogen and oxygen atoms in total. The molecule has 0 spiro atoms. The van der Waals surface area contributed by atoms with Crippen LogP contribution in [0.3, 0.4) is 0 Å². The molecule has 1 amide bonds. The van der Waals surface area contributed by atoms with Crippen molar-refractivity contribution < 1.29 is 14.7 Å². The van der Waals surface area contributed by atoms with Crippen LogP contribution in [0, 0.1) is 13.8 Å². The number of aryl methyl sites for hydroxylation is 2. The number of aromatic carboxylic acids is 1. The van der Waals surface area contributed by atoms with Gasteiger partial charge in [0.2, 0.25) is 0 Å². The lowest BCUT2D eigenvalue weighted by Crippen LogP contribution is -2.13. The molecule has 16 heteroatoms. The molecule has 0 fully saturated rings. The number of nitrogens with zero attached hydrogens (tertiary/aromatic N) is 8. The van der Waals surface area contributed by atoms with Gasteiger partial charge < -0.3 is 20.0 Å². The zero-order valence-corrected chi connectivity index (χ0v) is 26.7. The lowest BCUT2D eigenvalue weighted by atomic mass is 10.1. The van der Waals surface area contributed by atoms with Gasteiger partial charge in [0.05, 0.1) is 0 Å². The number of carboxylic acids is 1. The van der Waals surface area contributed by atoms with Crippen molar-refractivity contribution >= 4 is 58.6 Å². The molecule has 0 radical (unpaired) electrons. The lowest BCUT2D eigenvalue weighted by Gasteiger charge is -2.06. The molecule has 42 heavy (non-hydrogen) atoms. The molecule has 0 atom stereocenters. The fourth-order valence-electron chi connectivity index (χ4n) is 3.64. The molecular weight excluding hydrogens is 621 g/mol. The van der Waals surface area contributed by atoms with Gasteiger partial charge in [0.15, 0.2) is 22.0 Å². The molecule has 0 aromatic carbocycles. The standard InChI is InChI=1S/C13H16ClN5OS.C13H15ClN4O2S/c1-8-9(4-5-10(16-8)11(15)20)12-17-18-13(19(12)2)21-7-3-6-14;1-8-9(4-5-10(15-8)12(19)20)11-16-17-13(18(11)2)21-7-3-6-14/h4-5H,3,6-7H2,1-2H3,(H2,15,20);4-5H,3,6-7H2,1-2H3,(H,19,20). The molecule has 0 unspecified atom stereocenters. The van der Waals surface area contributed by atoms with E-state index in [4.69, 9.17) is 34.0 Å². The van der Waals surface area contributed by atoms with Crippen LogP contribution >= 0.6 is 46.7 Å². The number of carbonyl (C=O) groups excluding carboxylic acids is 1. The summed E-state index contributed by atoms with van der Waals surface area (Å²) in [6.07, 6.45) is 1.82.